The molecule has 27 heavy (non-hydrogen) atoms. The van der Waals surface area contributed by atoms with E-state index in [0.29, 0.717) is 0 Å². The van der Waals surface area contributed by atoms with E-state index in [-0.39, 0.29) is 6.10 Å². The van der Waals surface area contributed by atoms with E-state index in [9.17, 15) is 0 Å². The second kappa shape index (κ2) is 7.37. The van der Waals surface area contributed by atoms with Crippen LogP contribution in [0.1, 0.15) is 19.4 Å². The summed E-state index contributed by atoms with van der Waals surface area (Å²) in [7, 11) is 0. The predicted octanol–water partition coefficient (Wildman–Crippen LogP) is 6.20. The van der Waals surface area contributed by atoms with Gasteiger partial charge in [0.15, 0.2) is 0 Å². The van der Waals surface area contributed by atoms with Crippen molar-refractivity contribution >= 4 is 33.1 Å². The van der Waals surface area contributed by atoms with Gasteiger partial charge in [0.05, 0.1) is 17.2 Å². The number of fused-ring (bicyclic) bond motifs is 1. The molecule has 0 saturated carbocycles. The van der Waals surface area contributed by atoms with E-state index < -0.39 is 0 Å². The average Bonchev–Trinajstić information content (AvgIpc) is 3.09. The number of para-hydroxylation sites is 2. The molecule has 2 heterocycles. The molecule has 0 atom stereocenters. The van der Waals surface area contributed by atoms with Crippen LogP contribution >= 0.6 is 11.3 Å². The third-order valence-corrected chi connectivity index (χ3v) is 5.12. The zero-order valence-corrected chi connectivity index (χ0v) is 16.4. The van der Waals surface area contributed by atoms with E-state index in [1.807, 2.05) is 38.1 Å². The van der Waals surface area contributed by atoms with Crippen LogP contribution in [0, 0.1) is 6.92 Å². The van der Waals surface area contributed by atoms with Crippen molar-refractivity contribution in [3.63, 3.8) is 0 Å². The van der Waals surface area contributed by atoms with Crippen molar-refractivity contribution in [1.82, 2.24) is 9.97 Å². The molecule has 0 fully saturated rings. The molecule has 0 spiro atoms. The first-order valence-electron chi connectivity index (χ1n) is 8.94. The molecule has 2 aromatic carbocycles. The average molecular weight is 375 g/mol. The lowest BCUT2D eigenvalue weighted by molar-refractivity contribution is 0.244. The molecule has 4 aromatic rings. The second-order valence-electron chi connectivity index (χ2n) is 6.71. The Morgan fingerprint density at radius 2 is 1.78 bits per heavy atom. The van der Waals surface area contributed by atoms with Crippen LogP contribution in [-0.4, -0.2) is 16.1 Å². The van der Waals surface area contributed by atoms with Gasteiger partial charge in [0.1, 0.15) is 22.7 Å². The summed E-state index contributed by atoms with van der Waals surface area (Å²) in [6.07, 6.45) is 1.70. The van der Waals surface area contributed by atoms with Crippen molar-refractivity contribution in [2.45, 2.75) is 26.9 Å². The maximum atomic E-state index is 5.94. The van der Waals surface area contributed by atoms with Gasteiger partial charge in [-0.3, -0.25) is 0 Å². The molecule has 2 aromatic heterocycles. The Morgan fingerprint density at radius 1 is 1.00 bits per heavy atom. The number of thiophene rings is 1. The van der Waals surface area contributed by atoms with E-state index in [1.165, 1.54) is 5.56 Å². The number of ether oxygens (including phenoxy) is 1. The Kier molecular flexibility index (Phi) is 4.77. The second-order valence-corrected chi connectivity index (χ2v) is 7.56. The number of nitrogens with zero attached hydrogens (tertiary/aromatic N) is 2. The van der Waals surface area contributed by atoms with Gasteiger partial charge in [0.2, 0.25) is 0 Å². The highest BCUT2D eigenvalue weighted by molar-refractivity contribution is 7.17. The van der Waals surface area contributed by atoms with E-state index in [4.69, 9.17) is 4.74 Å². The number of nitrogens with one attached hydrogen (secondary N) is 1. The number of hydrogen-bond donors (Lipinski definition) is 1. The van der Waals surface area contributed by atoms with E-state index in [0.717, 1.165) is 38.6 Å². The van der Waals surface area contributed by atoms with Crippen LogP contribution in [0.5, 0.6) is 5.75 Å². The number of hydrogen-bond acceptors (Lipinski definition) is 5. The fraction of sp³-hybridized carbons (Fsp3) is 0.182. The highest BCUT2D eigenvalue weighted by Gasteiger charge is 2.15. The summed E-state index contributed by atoms with van der Waals surface area (Å²) in [4.78, 5) is 9.94. The third-order valence-electron chi connectivity index (χ3n) is 4.24. The van der Waals surface area contributed by atoms with E-state index in [1.54, 1.807) is 17.7 Å². The van der Waals surface area contributed by atoms with Crippen LogP contribution in [0.4, 0.5) is 11.5 Å². The molecule has 0 aliphatic heterocycles. The van der Waals surface area contributed by atoms with Gasteiger partial charge in [-0.05, 0) is 38.5 Å². The lowest BCUT2D eigenvalue weighted by Gasteiger charge is -2.15. The molecule has 4 rings (SSSR count). The van der Waals surface area contributed by atoms with Crippen LogP contribution in [0.2, 0.25) is 0 Å². The van der Waals surface area contributed by atoms with Crippen molar-refractivity contribution < 1.29 is 4.74 Å². The zero-order valence-electron chi connectivity index (χ0n) is 15.6. The lowest BCUT2D eigenvalue weighted by atomic mass is 10.0. The molecule has 0 saturated heterocycles. The minimum Gasteiger partial charge on any atom is -0.489 e. The quantitative estimate of drug-likeness (QED) is 0.451. The molecule has 136 valence electrons. The Bertz CT molecular complexity index is 1070. The largest absolute Gasteiger partial charge is 0.489 e. The van der Waals surface area contributed by atoms with Gasteiger partial charge in [-0.2, -0.15) is 0 Å². The Hall–Kier alpha value is -2.92. The summed E-state index contributed by atoms with van der Waals surface area (Å²) in [5, 5.41) is 6.64. The fourth-order valence-corrected chi connectivity index (χ4v) is 3.89. The van der Waals surface area contributed by atoms with Crippen LogP contribution in [0.3, 0.4) is 0 Å². The van der Waals surface area contributed by atoms with Crippen molar-refractivity contribution in [2.75, 3.05) is 5.32 Å². The minimum absolute atomic E-state index is 0.0997. The first-order chi connectivity index (χ1) is 13.1. The number of rotatable bonds is 5. The highest BCUT2D eigenvalue weighted by atomic mass is 32.1. The Balaban J connectivity index is 1.79. The molecule has 5 heteroatoms. The molecular weight excluding hydrogens is 354 g/mol. The first kappa shape index (κ1) is 17.5. The molecule has 0 amide bonds. The first-order valence-corrected chi connectivity index (χ1v) is 9.82. The third kappa shape index (κ3) is 3.64. The number of aromatic nitrogens is 2. The van der Waals surface area contributed by atoms with Crippen molar-refractivity contribution in [3.05, 3.63) is 65.8 Å². The highest BCUT2D eigenvalue weighted by Crippen LogP contribution is 2.38. The summed E-state index contributed by atoms with van der Waals surface area (Å²) in [5.41, 5.74) is 4.44. The summed E-state index contributed by atoms with van der Waals surface area (Å²) < 4.78 is 5.94. The van der Waals surface area contributed by atoms with Gasteiger partial charge in [-0.25, -0.2) is 9.97 Å². The molecule has 1 N–H and O–H groups in total. The molecule has 0 unspecified atom stereocenters. The molecule has 0 bridgehead atoms. The maximum Gasteiger partial charge on any atom is 0.143 e. The lowest BCUT2D eigenvalue weighted by Crippen LogP contribution is -2.07. The fourth-order valence-electron chi connectivity index (χ4n) is 2.97. The molecule has 0 aliphatic carbocycles. The van der Waals surface area contributed by atoms with Crippen molar-refractivity contribution in [2.24, 2.45) is 0 Å². The van der Waals surface area contributed by atoms with E-state index >= 15 is 0 Å². The summed E-state index contributed by atoms with van der Waals surface area (Å²) in [6.45, 7) is 6.14. The van der Waals surface area contributed by atoms with Gasteiger partial charge in [0.25, 0.3) is 0 Å². The zero-order chi connectivity index (χ0) is 18.8. The number of anilines is 2. The van der Waals surface area contributed by atoms with Crippen molar-refractivity contribution in [3.8, 4) is 16.9 Å². The Labute approximate surface area is 162 Å². The molecule has 4 nitrogen and oxygen atoms in total. The molecule has 0 aliphatic rings. The van der Waals surface area contributed by atoms with Crippen LogP contribution in [0.25, 0.3) is 21.3 Å². The van der Waals surface area contributed by atoms with Crippen LogP contribution in [-0.2, 0) is 0 Å². The van der Waals surface area contributed by atoms with Gasteiger partial charge in [-0.15, -0.1) is 11.3 Å². The number of benzene rings is 2. The van der Waals surface area contributed by atoms with Gasteiger partial charge >= 0.3 is 0 Å². The molecular formula is C22H21N3OS. The van der Waals surface area contributed by atoms with Gasteiger partial charge in [-0.1, -0.05) is 42.0 Å². The summed E-state index contributed by atoms with van der Waals surface area (Å²) in [6, 6.07) is 16.5. The predicted molar refractivity (Wildman–Crippen MR) is 113 cm³/mol. The van der Waals surface area contributed by atoms with E-state index in [2.05, 4.69) is 51.9 Å². The van der Waals surface area contributed by atoms with Gasteiger partial charge < -0.3 is 10.1 Å². The standard InChI is InChI=1S/C22H21N3OS/c1-14(2)26-19-7-5-4-6-18(19)25-21-20-17(12-27-22(20)24-13-23-21)16-10-8-15(3)9-11-16/h4-14H,1-3H3,(H,23,24,25). The smallest absolute Gasteiger partial charge is 0.143 e. The van der Waals surface area contributed by atoms with Gasteiger partial charge in [0, 0.05) is 10.9 Å². The van der Waals surface area contributed by atoms with Crippen molar-refractivity contribution in [1.29, 1.82) is 0 Å². The minimum atomic E-state index is 0.0997. The topological polar surface area (TPSA) is 47.0 Å². The van der Waals surface area contributed by atoms with Crippen LogP contribution < -0.4 is 10.1 Å². The number of aryl methyl sites for hydroxylation is 1. The molecule has 0 radical (unpaired) electrons. The SMILES string of the molecule is Cc1ccc(-c2csc3ncnc(Nc4ccccc4OC(C)C)c23)cc1. The normalized spacial score (nSPS) is 11.1. The summed E-state index contributed by atoms with van der Waals surface area (Å²) in [5.74, 6) is 1.60. The monoisotopic (exact) mass is 375 g/mol. The maximum absolute atomic E-state index is 5.94. The van der Waals surface area contributed by atoms with Crippen LogP contribution in [0.15, 0.2) is 60.2 Å². The Morgan fingerprint density at radius 3 is 2.56 bits per heavy atom. The summed E-state index contributed by atoms with van der Waals surface area (Å²) >= 11 is 1.63.